The highest BCUT2D eigenvalue weighted by atomic mass is 35.5. The Hall–Kier alpha value is -2.51. The second kappa shape index (κ2) is 6.28. The van der Waals surface area contributed by atoms with Crippen molar-refractivity contribution < 1.29 is 0 Å². The second-order valence-electron chi connectivity index (χ2n) is 6.77. The van der Waals surface area contributed by atoms with Gasteiger partial charge in [-0.15, -0.1) is 11.3 Å². The minimum atomic E-state index is -0.124. The maximum absolute atomic E-state index is 13.2. The molecule has 1 saturated carbocycles. The molecule has 1 aliphatic carbocycles. The summed E-state index contributed by atoms with van der Waals surface area (Å²) in [6.07, 6.45) is 3.56. The van der Waals surface area contributed by atoms with Crippen LogP contribution in [-0.4, -0.2) is 19.5 Å². The summed E-state index contributed by atoms with van der Waals surface area (Å²) in [5.41, 5.74) is 3.41. The van der Waals surface area contributed by atoms with E-state index in [1.807, 2.05) is 23.6 Å². The molecule has 1 unspecified atom stereocenters. The number of fused-ring (bicyclic) bond motifs is 2. The molecule has 5 rings (SSSR count). The van der Waals surface area contributed by atoms with E-state index in [4.69, 9.17) is 11.6 Å². The van der Waals surface area contributed by atoms with E-state index in [0.29, 0.717) is 16.2 Å². The van der Waals surface area contributed by atoms with Crippen LogP contribution >= 0.6 is 22.9 Å². The summed E-state index contributed by atoms with van der Waals surface area (Å²) in [5, 5.41) is 5.36. The van der Waals surface area contributed by atoms with Gasteiger partial charge in [0.25, 0.3) is 5.56 Å². The van der Waals surface area contributed by atoms with Crippen molar-refractivity contribution in [1.82, 2.24) is 19.5 Å². The molecule has 0 bridgehead atoms. The molecule has 1 fully saturated rings. The number of halogens is 1. The first-order valence-corrected chi connectivity index (χ1v) is 10.0. The fourth-order valence-electron chi connectivity index (χ4n) is 3.48. The average molecular weight is 398 g/mol. The van der Waals surface area contributed by atoms with Crippen LogP contribution in [0.1, 0.15) is 37.5 Å². The SMILES string of the molecule is CC(Nc1ncnc2scnc12)c1cc2cccc(Cl)c2c(=O)n1C1CC1. The van der Waals surface area contributed by atoms with E-state index in [2.05, 4.69) is 26.3 Å². The molecule has 3 aromatic heterocycles. The summed E-state index contributed by atoms with van der Waals surface area (Å²) in [4.78, 5) is 27.0. The molecule has 3 heterocycles. The van der Waals surface area contributed by atoms with Crippen LogP contribution in [-0.2, 0) is 0 Å². The molecule has 27 heavy (non-hydrogen) atoms. The summed E-state index contributed by atoms with van der Waals surface area (Å²) in [5.74, 6) is 0.676. The number of nitrogens with one attached hydrogen (secondary N) is 1. The van der Waals surface area contributed by atoms with Gasteiger partial charge in [0.1, 0.15) is 16.7 Å². The van der Waals surface area contributed by atoms with E-state index < -0.39 is 0 Å². The van der Waals surface area contributed by atoms with Crippen LogP contribution in [0.5, 0.6) is 0 Å². The standard InChI is InChI=1S/C19H16ClN5OS/c1-10(24-17-16-18(22-8-21-17)27-9-23-16)14-7-11-3-2-4-13(20)15(11)19(26)25(14)12-5-6-12/h2-4,7-10,12H,5-6H2,1H3,(H,21,22,24). The quantitative estimate of drug-likeness (QED) is 0.546. The third-order valence-electron chi connectivity index (χ3n) is 4.90. The van der Waals surface area contributed by atoms with Crippen LogP contribution < -0.4 is 10.9 Å². The van der Waals surface area contributed by atoms with Gasteiger partial charge in [0, 0.05) is 11.7 Å². The van der Waals surface area contributed by atoms with Crippen LogP contribution in [0, 0.1) is 0 Å². The third-order valence-corrected chi connectivity index (χ3v) is 5.95. The molecule has 136 valence electrons. The minimum absolute atomic E-state index is 0.0225. The summed E-state index contributed by atoms with van der Waals surface area (Å²) < 4.78 is 1.89. The maximum Gasteiger partial charge on any atom is 0.260 e. The predicted molar refractivity (Wildman–Crippen MR) is 109 cm³/mol. The zero-order valence-corrected chi connectivity index (χ0v) is 16.1. The summed E-state index contributed by atoms with van der Waals surface area (Å²) >= 11 is 7.80. The first-order valence-electron chi connectivity index (χ1n) is 8.78. The summed E-state index contributed by atoms with van der Waals surface area (Å²) in [6.45, 7) is 2.03. The Morgan fingerprint density at radius 1 is 1.30 bits per heavy atom. The van der Waals surface area contributed by atoms with Gasteiger partial charge >= 0.3 is 0 Å². The molecule has 0 amide bonds. The molecule has 0 spiro atoms. The molecule has 6 nitrogen and oxygen atoms in total. The Bertz CT molecular complexity index is 1230. The van der Waals surface area contributed by atoms with E-state index in [-0.39, 0.29) is 17.6 Å². The Labute approximate surface area is 163 Å². The third kappa shape index (κ3) is 2.78. The van der Waals surface area contributed by atoms with Crippen LogP contribution in [0.15, 0.2) is 40.9 Å². The number of benzene rings is 1. The lowest BCUT2D eigenvalue weighted by atomic mass is 10.1. The largest absolute Gasteiger partial charge is 0.360 e. The van der Waals surface area contributed by atoms with E-state index in [9.17, 15) is 4.79 Å². The zero-order valence-electron chi connectivity index (χ0n) is 14.5. The van der Waals surface area contributed by atoms with E-state index in [0.717, 1.165) is 34.3 Å². The van der Waals surface area contributed by atoms with E-state index in [1.165, 1.54) is 17.7 Å². The van der Waals surface area contributed by atoms with Crippen molar-refractivity contribution in [1.29, 1.82) is 0 Å². The van der Waals surface area contributed by atoms with Crippen molar-refractivity contribution in [3.05, 3.63) is 57.2 Å². The smallest absolute Gasteiger partial charge is 0.260 e. The van der Waals surface area contributed by atoms with Crippen molar-refractivity contribution in [2.75, 3.05) is 5.32 Å². The summed E-state index contributed by atoms with van der Waals surface area (Å²) in [6, 6.07) is 7.74. The maximum atomic E-state index is 13.2. The van der Waals surface area contributed by atoms with Gasteiger partial charge in [0.15, 0.2) is 5.82 Å². The van der Waals surface area contributed by atoms with E-state index >= 15 is 0 Å². The molecule has 1 atom stereocenters. The Morgan fingerprint density at radius 3 is 2.96 bits per heavy atom. The number of hydrogen-bond donors (Lipinski definition) is 1. The Kier molecular flexibility index (Phi) is 3.87. The first-order chi connectivity index (χ1) is 13.1. The summed E-state index contributed by atoms with van der Waals surface area (Å²) in [7, 11) is 0. The van der Waals surface area contributed by atoms with Crippen molar-refractivity contribution >= 4 is 49.9 Å². The van der Waals surface area contributed by atoms with Crippen LogP contribution in [0.2, 0.25) is 5.02 Å². The topological polar surface area (TPSA) is 72.7 Å². The van der Waals surface area contributed by atoms with Gasteiger partial charge in [-0.05, 0) is 37.3 Å². The lowest BCUT2D eigenvalue weighted by Crippen LogP contribution is -2.26. The van der Waals surface area contributed by atoms with Gasteiger partial charge in [-0.1, -0.05) is 23.7 Å². The van der Waals surface area contributed by atoms with Crippen molar-refractivity contribution in [2.24, 2.45) is 0 Å². The Morgan fingerprint density at radius 2 is 2.15 bits per heavy atom. The van der Waals surface area contributed by atoms with Crippen molar-refractivity contribution in [2.45, 2.75) is 31.8 Å². The van der Waals surface area contributed by atoms with Gasteiger partial charge in [-0.2, -0.15) is 0 Å². The normalized spacial score (nSPS) is 15.3. The molecule has 4 aromatic rings. The fourth-order valence-corrected chi connectivity index (χ4v) is 4.36. The number of thiazole rings is 1. The first kappa shape index (κ1) is 16.6. The number of hydrogen-bond acceptors (Lipinski definition) is 6. The monoisotopic (exact) mass is 397 g/mol. The van der Waals surface area contributed by atoms with Crippen LogP contribution in [0.3, 0.4) is 0 Å². The number of rotatable bonds is 4. The molecule has 8 heteroatoms. The van der Waals surface area contributed by atoms with Gasteiger partial charge in [-0.25, -0.2) is 15.0 Å². The molecule has 0 saturated heterocycles. The highest BCUT2D eigenvalue weighted by Gasteiger charge is 2.29. The number of pyridine rings is 1. The van der Waals surface area contributed by atoms with E-state index in [1.54, 1.807) is 11.6 Å². The van der Waals surface area contributed by atoms with Crippen LogP contribution in [0.4, 0.5) is 5.82 Å². The van der Waals surface area contributed by atoms with Gasteiger partial charge in [-0.3, -0.25) is 4.79 Å². The van der Waals surface area contributed by atoms with Gasteiger partial charge in [0.2, 0.25) is 0 Å². The van der Waals surface area contributed by atoms with Gasteiger partial charge in [0.05, 0.1) is 22.0 Å². The molecular weight excluding hydrogens is 382 g/mol. The van der Waals surface area contributed by atoms with Crippen molar-refractivity contribution in [3.63, 3.8) is 0 Å². The highest BCUT2D eigenvalue weighted by molar-refractivity contribution is 7.16. The van der Waals surface area contributed by atoms with Gasteiger partial charge < -0.3 is 9.88 Å². The minimum Gasteiger partial charge on any atom is -0.360 e. The zero-order chi connectivity index (χ0) is 18.5. The molecule has 0 radical (unpaired) electrons. The number of nitrogens with zero attached hydrogens (tertiary/aromatic N) is 4. The fraction of sp³-hybridized carbons (Fsp3) is 0.263. The average Bonchev–Trinajstić information content (AvgIpc) is 3.37. The number of anilines is 1. The molecule has 1 aliphatic rings. The molecule has 0 aliphatic heterocycles. The Balaban J connectivity index is 1.64. The molecule has 1 aromatic carbocycles. The van der Waals surface area contributed by atoms with Crippen molar-refractivity contribution in [3.8, 4) is 0 Å². The number of aromatic nitrogens is 4. The highest BCUT2D eigenvalue weighted by Crippen LogP contribution is 2.38. The lowest BCUT2D eigenvalue weighted by molar-refractivity contribution is 0.636. The predicted octanol–water partition coefficient (Wildman–Crippen LogP) is 4.56. The molecule has 1 N–H and O–H groups in total. The van der Waals surface area contributed by atoms with Crippen LogP contribution in [0.25, 0.3) is 21.1 Å². The second-order valence-corrected chi connectivity index (χ2v) is 8.01. The lowest BCUT2D eigenvalue weighted by Gasteiger charge is -2.21. The molecular formula is C19H16ClN5OS.